The van der Waals surface area contributed by atoms with E-state index in [2.05, 4.69) is 30.8 Å². The van der Waals surface area contributed by atoms with Crippen molar-refractivity contribution in [1.29, 1.82) is 0 Å². The Hall–Kier alpha value is -3.58. The Morgan fingerprint density at radius 1 is 1.12 bits per heavy atom. The molecule has 6 rings (SSSR count). The molecule has 3 fully saturated rings. The van der Waals surface area contributed by atoms with Gasteiger partial charge in [-0.25, -0.2) is 4.98 Å². The molecular formula is C29H38F2N8O3. The van der Waals surface area contributed by atoms with Crippen LogP contribution in [0.4, 0.5) is 31.9 Å². The number of halogens is 2. The minimum Gasteiger partial charge on any atom is -0.495 e. The fourth-order valence-electron chi connectivity index (χ4n) is 6.50. The molecule has 1 aromatic carbocycles. The fraction of sp³-hybridized carbons (Fsp3) is 0.586. The van der Waals surface area contributed by atoms with Gasteiger partial charge >= 0.3 is 5.92 Å². The van der Waals surface area contributed by atoms with Gasteiger partial charge < -0.3 is 30.5 Å². The number of alkyl halides is 2. The molecule has 13 heteroatoms. The molecule has 0 atom stereocenters. The third kappa shape index (κ3) is 5.59. The molecule has 0 unspecified atom stereocenters. The largest absolute Gasteiger partial charge is 0.495 e. The second-order valence-corrected chi connectivity index (χ2v) is 11.7. The normalized spacial score (nSPS) is 22.0. The first-order chi connectivity index (χ1) is 20.2. The van der Waals surface area contributed by atoms with E-state index < -0.39 is 18.4 Å². The van der Waals surface area contributed by atoms with Crippen LogP contribution in [0.5, 0.6) is 5.75 Å². The maximum atomic E-state index is 14.9. The summed E-state index contributed by atoms with van der Waals surface area (Å²) < 4.78 is 35.3. The van der Waals surface area contributed by atoms with Crippen molar-refractivity contribution in [2.45, 2.75) is 62.6 Å². The highest BCUT2D eigenvalue weighted by molar-refractivity contribution is 6.02. The van der Waals surface area contributed by atoms with E-state index in [9.17, 15) is 18.4 Å². The van der Waals surface area contributed by atoms with Crippen LogP contribution in [-0.4, -0.2) is 97.6 Å². The Morgan fingerprint density at radius 2 is 1.86 bits per heavy atom. The monoisotopic (exact) mass is 584 g/mol. The van der Waals surface area contributed by atoms with Crippen LogP contribution >= 0.6 is 0 Å². The standard InChI is InChI=1S/C29H38F2N8O3/c1-37-23-14-33-28(36-25(23)39(21-5-3-4-6-21)17-29(30,31)27(37)41)35-22-8-7-18(13-24(22)42-2)26(40)34-19-15-38(16-19)20-9-11-32-12-10-20/h7-8,13-14,19-21,32H,3-6,9-12,15-17H2,1-2H3,(H,34,40)(H,33,35,36). The lowest BCUT2D eigenvalue weighted by Crippen LogP contribution is -2.63. The summed E-state index contributed by atoms with van der Waals surface area (Å²) in [5.41, 5.74) is 1.23. The molecular weight excluding hydrogens is 546 g/mol. The molecule has 226 valence electrons. The number of carbonyl (C=O) groups is 2. The van der Waals surface area contributed by atoms with Crippen LogP contribution < -0.4 is 30.5 Å². The Balaban J connectivity index is 1.17. The molecule has 1 saturated carbocycles. The molecule has 42 heavy (non-hydrogen) atoms. The first-order valence-electron chi connectivity index (χ1n) is 14.7. The molecule has 3 aliphatic heterocycles. The number of fused-ring (bicyclic) bond motifs is 1. The lowest BCUT2D eigenvalue weighted by Gasteiger charge is -2.45. The van der Waals surface area contributed by atoms with E-state index in [0.717, 1.165) is 69.6 Å². The van der Waals surface area contributed by atoms with Gasteiger partial charge in [0, 0.05) is 37.8 Å². The Morgan fingerprint density at radius 3 is 2.57 bits per heavy atom. The van der Waals surface area contributed by atoms with Crippen molar-refractivity contribution >= 4 is 35.0 Å². The fourth-order valence-corrected chi connectivity index (χ4v) is 6.50. The zero-order valence-electron chi connectivity index (χ0n) is 24.0. The number of anilines is 4. The summed E-state index contributed by atoms with van der Waals surface area (Å²) in [7, 11) is 2.83. The molecule has 0 radical (unpaired) electrons. The molecule has 4 aliphatic rings. The van der Waals surface area contributed by atoms with Gasteiger partial charge in [0.2, 0.25) is 5.95 Å². The first-order valence-corrected chi connectivity index (χ1v) is 14.7. The van der Waals surface area contributed by atoms with Crippen LogP contribution in [0.2, 0.25) is 0 Å². The molecule has 2 amide bonds. The maximum absolute atomic E-state index is 14.9. The lowest BCUT2D eigenvalue weighted by molar-refractivity contribution is -0.140. The quantitative estimate of drug-likeness (QED) is 0.452. The molecule has 4 heterocycles. The van der Waals surface area contributed by atoms with Gasteiger partial charge in [0.1, 0.15) is 11.4 Å². The zero-order valence-corrected chi connectivity index (χ0v) is 24.0. The van der Waals surface area contributed by atoms with E-state index in [-0.39, 0.29) is 29.6 Å². The van der Waals surface area contributed by atoms with E-state index >= 15 is 0 Å². The van der Waals surface area contributed by atoms with Crippen LogP contribution in [0.1, 0.15) is 48.9 Å². The number of piperidine rings is 1. The number of nitrogens with zero attached hydrogens (tertiary/aromatic N) is 5. The second-order valence-electron chi connectivity index (χ2n) is 11.7. The van der Waals surface area contributed by atoms with Crippen LogP contribution in [-0.2, 0) is 4.79 Å². The van der Waals surface area contributed by atoms with E-state index in [4.69, 9.17) is 4.74 Å². The van der Waals surface area contributed by atoms with Gasteiger partial charge in [-0.3, -0.25) is 14.5 Å². The van der Waals surface area contributed by atoms with Crippen molar-refractivity contribution in [3.8, 4) is 5.75 Å². The first kappa shape index (κ1) is 28.5. The van der Waals surface area contributed by atoms with Gasteiger partial charge in [-0.05, 0) is 57.0 Å². The molecule has 2 saturated heterocycles. The van der Waals surface area contributed by atoms with Gasteiger partial charge in [0.05, 0.1) is 31.6 Å². The Bertz CT molecular complexity index is 1330. The van der Waals surface area contributed by atoms with Crippen molar-refractivity contribution in [1.82, 2.24) is 25.5 Å². The third-order valence-corrected chi connectivity index (χ3v) is 8.92. The van der Waals surface area contributed by atoms with Gasteiger partial charge in [-0.15, -0.1) is 0 Å². The van der Waals surface area contributed by atoms with Crippen LogP contribution in [0, 0.1) is 0 Å². The number of methoxy groups -OCH3 is 1. The van der Waals surface area contributed by atoms with E-state index in [1.807, 2.05) is 0 Å². The highest BCUT2D eigenvalue weighted by Crippen LogP contribution is 2.40. The molecule has 0 bridgehead atoms. The lowest BCUT2D eigenvalue weighted by atomic mass is 9.98. The Kier molecular flexibility index (Phi) is 7.88. The summed E-state index contributed by atoms with van der Waals surface area (Å²) >= 11 is 0. The maximum Gasteiger partial charge on any atom is 0.342 e. The summed E-state index contributed by atoms with van der Waals surface area (Å²) in [5, 5.41) is 9.61. The molecule has 0 spiro atoms. The number of ether oxygens (including phenoxy) is 1. The van der Waals surface area contributed by atoms with Crippen molar-refractivity contribution in [2.75, 3.05) is 62.0 Å². The smallest absolute Gasteiger partial charge is 0.342 e. The summed E-state index contributed by atoms with van der Waals surface area (Å²) in [4.78, 5) is 39.4. The average molecular weight is 585 g/mol. The minimum absolute atomic E-state index is 0.115. The van der Waals surface area contributed by atoms with Gasteiger partial charge in [-0.1, -0.05) is 12.8 Å². The van der Waals surface area contributed by atoms with E-state index in [1.54, 1.807) is 23.1 Å². The number of amides is 2. The molecule has 11 nitrogen and oxygen atoms in total. The number of rotatable bonds is 7. The molecule has 1 aromatic heterocycles. The van der Waals surface area contributed by atoms with Gasteiger partial charge in [-0.2, -0.15) is 13.8 Å². The van der Waals surface area contributed by atoms with E-state index in [1.165, 1.54) is 20.4 Å². The number of nitrogens with one attached hydrogen (secondary N) is 3. The average Bonchev–Trinajstić information content (AvgIpc) is 3.50. The van der Waals surface area contributed by atoms with Crippen molar-refractivity contribution in [3.63, 3.8) is 0 Å². The van der Waals surface area contributed by atoms with Crippen molar-refractivity contribution < 1.29 is 23.1 Å². The third-order valence-electron chi connectivity index (χ3n) is 8.92. The van der Waals surface area contributed by atoms with E-state index in [0.29, 0.717) is 28.9 Å². The minimum atomic E-state index is -3.55. The number of likely N-dealkylation sites (tertiary alicyclic amines) is 1. The van der Waals surface area contributed by atoms with Crippen LogP contribution in [0.3, 0.4) is 0 Å². The molecule has 1 aliphatic carbocycles. The van der Waals surface area contributed by atoms with Crippen LogP contribution in [0.15, 0.2) is 24.4 Å². The van der Waals surface area contributed by atoms with Crippen molar-refractivity contribution in [3.05, 3.63) is 30.0 Å². The molecule has 2 aromatic rings. The highest BCUT2D eigenvalue weighted by atomic mass is 19.3. The predicted octanol–water partition coefficient (Wildman–Crippen LogP) is 2.76. The summed E-state index contributed by atoms with van der Waals surface area (Å²) in [6, 6.07) is 5.63. The molecule has 3 N–H and O–H groups in total. The summed E-state index contributed by atoms with van der Waals surface area (Å²) in [6.45, 7) is 3.07. The summed E-state index contributed by atoms with van der Waals surface area (Å²) in [5.74, 6) is -4.11. The topological polar surface area (TPSA) is 115 Å². The number of hydrogen-bond acceptors (Lipinski definition) is 9. The van der Waals surface area contributed by atoms with Gasteiger partial charge in [0.25, 0.3) is 11.8 Å². The highest BCUT2D eigenvalue weighted by Gasteiger charge is 2.48. The number of hydrogen-bond donors (Lipinski definition) is 3. The van der Waals surface area contributed by atoms with Crippen molar-refractivity contribution in [2.24, 2.45) is 0 Å². The van der Waals surface area contributed by atoms with Crippen LogP contribution in [0.25, 0.3) is 0 Å². The zero-order chi connectivity index (χ0) is 29.4. The van der Waals surface area contributed by atoms with Gasteiger partial charge in [0.15, 0.2) is 5.82 Å². The predicted molar refractivity (Wildman–Crippen MR) is 155 cm³/mol. The SMILES string of the molecule is COc1cc(C(=O)NC2CN(C3CCNCC3)C2)ccc1Nc1ncc2c(n1)N(C1CCCC1)CC(F)(F)C(=O)N2C. The number of aromatic nitrogens is 2. The second kappa shape index (κ2) is 11.6. The number of benzene rings is 1. The summed E-state index contributed by atoms with van der Waals surface area (Å²) in [6.07, 6.45) is 7.07. The Labute approximate surface area is 244 Å². The number of carbonyl (C=O) groups excluding carboxylic acids is 2.